The van der Waals surface area contributed by atoms with Crippen LogP contribution in [0.2, 0.25) is 5.02 Å². The minimum atomic E-state index is 0.0165. The summed E-state index contributed by atoms with van der Waals surface area (Å²) in [6.07, 6.45) is 10.7. The normalized spacial score (nSPS) is 16.6. The summed E-state index contributed by atoms with van der Waals surface area (Å²) in [6, 6.07) is 14.2. The predicted molar refractivity (Wildman–Crippen MR) is 140 cm³/mol. The Morgan fingerprint density at radius 2 is 1.97 bits per heavy atom. The molecule has 2 aliphatic rings. The molecule has 4 heterocycles. The second kappa shape index (κ2) is 11.0. The minimum Gasteiger partial charge on any atom is -0.352 e. The van der Waals surface area contributed by atoms with Gasteiger partial charge in [-0.25, -0.2) is 4.98 Å². The zero-order chi connectivity index (χ0) is 23.3. The molecule has 0 aliphatic carbocycles. The molecule has 178 valence electrons. The van der Waals surface area contributed by atoms with Gasteiger partial charge in [-0.1, -0.05) is 47.6 Å². The third-order valence-electron chi connectivity index (χ3n) is 6.90. The summed E-state index contributed by atoms with van der Waals surface area (Å²) in [5.74, 6) is 0.787. The van der Waals surface area contributed by atoms with Gasteiger partial charge < -0.3 is 10.2 Å². The second-order valence-electron chi connectivity index (χ2n) is 9.23. The van der Waals surface area contributed by atoms with E-state index in [4.69, 9.17) is 11.6 Å². The summed E-state index contributed by atoms with van der Waals surface area (Å²) in [5.41, 5.74) is 3.14. The maximum atomic E-state index is 12.7. The molecule has 1 saturated heterocycles. The topological polar surface area (TPSA) is 49.6 Å². The first-order valence-corrected chi connectivity index (χ1v) is 13.5. The number of amides is 1. The van der Waals surface area contributed by atoms with Crippen LogP contribution in [0.3, 0.4) is 0 Å². The van der Waals surface area contributed by atoms with Crippen LogP contribution in [0, 0.1) is 5.92 Å². The molecule has 34 heavy (non-hydrogen) atoms. The largest absolute Gasteiger partial charge is 0.352 e. The van der Waals surface area contributed by atoms with Gasteiger partial charge in [0.25, 0.3) is 5.91 Å². The van der Waals surface area contributed by atoms with Gasteiger partial charge in [-0.05, 0) is 93.9 Å². The number of rotatable bonds is 9. The third kappa shape index (κ3) is 5.51. The van der Waals surface area contributed by atoms with Crippen molar-refractivity contribution in [2.45, 2.75) is 43.6 Å². The molecule has 0 unspecified atom stereocenters. The van der Waals surface area contributed by atoms with E-state index in [2.05, 4.69) is 31.7 Å². The number of carbonyl (C=O) groups is 1. The minimum absolute atomic E-state index is 0.0165. The first kappa shape index (κ1) is 23.5. The predicted octanol–water partition coefficient (Wildman–Crippen LogP) is 5.68. The number of imidazole rings is 1. The molecule has 0 atom stereocenters. The molecule has 0 bridgehead atoms. The molecule has 5 nitrogen and oxygen atoms in total. The van der Waals surface area contributed by atoms with Crippen LogP contribution in [0.4, 0.5) is 0 Å². The summed E-state index contributed by atoms with van der Waals surface area (Å²) in [7, 11) is 0. The van der Waals surface area contributed by atoms with Gasteiger partial charge in [0.05, 0.1) is 21.8 Å². The summed E-state index contributed by atoms with van der Waals surface area (Å²) < 4.78 is 2.09. The molecule has 0 saturated carbocycles. The highest BCUT2D eigenvalue weighted by molar-refractivity contribution is 8.04. The quantitative estimate of drug-likeness (QED) is 0.389. The summed E-state index contributed by atoms with van der Waals surface area (Å²) in [6.45, 7) is 4.25. The van der Waals surface area contributed by atoms with Crippen LogP contribution >= 0.6 is 23.4 Å². The van der Waals surface area contributed by atoms with E-state index in [0.717, 1.165) is 64.6 Å². The van der Waals surface area contributed by atoms with Crippen LogP contribution in [0.1, 0.15) is 43.4 Å². The van der Waals surface area contributed by atoms with Gasteiger partial charge in [0.2, 0.25) is 0 Å². The number of nitrogens with one attached hydrogen (secondary N) is 1. The van der Waals surface area contributed by atoms with Crippen LogP contribution < -0.4 is 5.32 Å². The Balaban J connectivity index is 0.987. The Morgan fingerprint density at radius 3 is 2.82 bits per heavy atom. The van der Waals surface area contributed by atoms with Gasteiger partial charge in [-0.3, -0.25) is 9.20 Å². The van der Waals surface area contributed by atoms with E-state index < -0.39 is 0 Å². The van der Waals surface area contributed by atoms with Crippen molar-refractivity contribution in [3.05, 3.63) is 69.8 Å². The zero-order valence-electron chi connectivity index (χ0n) is 19.4. The molecular formula is C27H31ClN4OS. The Morgan fingerprint density at radius 1 is 1.12 bits per heavy atom. The Hall–Kier alpha value is -2.28. The maximum absolute atomic E-state index is 12.7. The first-order valence-electron chi connectivity index (χ1n) is 12.3. The van der Waals surface area contributed by atoms with Crippen LogP contribution in [-0.4, -0.2) is 46.4 Å². The molecular weight excluding hydrogens is 464 g/mol. The summed E-state index contributed by atoms with van der Waals surface area (Å²) >= 11 is 7.79. The molecule has 3 aromatic rings. The number of hydrogen-bond acceptors (Lipinski definition) is 4. The van der Waals surface area contributed by atoms with E-state index in [-0.39, 0.29) is 5.91 Å². The molecule has 0 radical (unpaired) electrons. The number of likely N-dealkylation sites (tertiary alicyclic amines) is 1. The molecule has 7 heteroatoms. The van der Waals surface area contributed by atoms with Gasteiger partial charge >= 0.3 is 0 Å². The fourth-order valence-electron chi connectivity index (χ4n) is 4.97. The first-order chi connectivity index (χ1) is 16.7. The number of benzene rings is 1. The molecule has 1 fully saturated rings. The number of thioether (sulfide) groups is 1. The molecule has 0 spiro atoms. The monoisotopic (exact) mass is 494 g/mol. The lowest BCUT2D eigenvalue weighted by Crippen LogP contribution is -2.35. The van der Waals surface area contributed by atoms with Crippen LogP contribution in [0.15, 0.2) is 58.6 Å². The Kier molecular flexibility index (Phi) is 7.57. The molecule has 1 aromatic carbocycles. The average Bonchev–Trinajstić information content (AvgIpc) is 3.28. The van der Waals surface area contributed by atoms with Crippen molar-refractivity contribution in [2.24, 2.45) is 5.92 Å². The van der Waals surface area contributed by atoms with Gasteiger partial charge in [0, 0.05) is 11.6 Å². The number of halogens is 1. The smallest absolute Gasteiger partial charge is 0.258 e. The molecule has 2 aromatic heterocycles. The van der Waals surface area contributed by atoms with Gasteiger partial charge in [0.1, 0.15) is 5.65 Å². The van der Waals surface area contributed by atoms with Gasteiger partial charge in [-0.15, -0.1) is 0 Å². The Bertz CT molecular complexity index is 1180. The number of piperidine rings is 1. The van der Waals surface area contributed by atoms with E-state index in [9.17, 15) is 4.79 Å². The third-order valence-corrected chi connectivity index (χ3v) is 8.32. The Labute approximate surface area is 210 Å². The number of hydrogen-bond donors (Lipinski definition) is 1. The highest BCUT2D eigenvalue weighted by Crippen LogP contribution is 2.34. The van der Waals surface area contributed by atoms with Crippen LogP contribution in [0.5, 0.6) is 0 Å². The summed E-state index contributed by atoms with van der Waals surface area (Å²) in [4.78, 5) is 20.5. The van der Waals surface area contributed by atoms with Crippen molar-refractivity contribution >= 4 is 41.0 Å². The summed E-state index contributed by atoms with van der Waals surface area (Å²) in [5, 5.41) is 5.05. The number of aromatic nitrogens is 2. The van der Waals surface area contributed by atoms with Crippen molar-refractivity contribution in [1.82, 2.24) is 19.6 Å². The average molecular weight is 495 g/mol. The van der Waals surface area contributed by atoms with Crippen molar-refractivity contribution in [2.75, 3.05) is 26.2 Å². The lowest BCUT2D eigenvalue weighted by atomic mass is 9.92. The van der Waals surface area contributed by atoms with Crippen molar-refractivity contribution in [3.8, 4) is 0 Å². The van der Waals surface area contributed by atoms with Gasteiger partial charge in [-0.2, -0.15) is 0 Å². The number of pyridine rings is 1. The SMILES string of the molecule is O=C(NCCCC1CCN(CCCc2ccccc2Cl)CC1)C1=Cc2cnc3cccc(n23)S1. The fourth-order valence-corrected chi connectivity index (χ4v) is 6.21. The molecule has 1 N–H and O–H groups in total. The molecule has 2 aliphatic heterocycles. The van der Waals surface area contributed by atoms with Crippen molar-refractivity contribution in [3.63, 3.8) is 0 Å². The zero-order valence-corrected chi connectivity index (χ0v) is 21.0. The van der Waals surface area contributed by atoms with E-state index in [0.29, 0.717) is 0 Å². The van der Waals surface area contributed by atoms with Crippen molar-refractivity contribution < 1.29 is 4.79 Å². The van der Waals surface area contributed by atoms with E-state index in [1.165, 1.54) is 49.7 Å². The van der Waals surface area contributed by atoms with Gasteiger partial charge in [0.15, 0.2) is 0 Å². The van der Waals surface area contributed by atoms with E-state index >= 15 is 0 Å². The molecule has 5 rings (SSSR count). The molecule has 1 amide bonds. The van der Waals surface area contributed by atoms with Crippen LogP contribution in [0.25, 0.3) is 11.7 Å². The number of carbonyl (C=O) groups excluding carboxylic acids is 1. The number of aryl methyl sites for hydroxylation is 1. The maximum Gasteiger partial charge on any atom is 0.258 e. The lowest BCUT2D eigenvalue weighted by molar-refractivity contribution is -0.116. The van der Waals surface area contributed by atoms with E-state index in [1.54, 1.807) is 0 Å². The fraction of sp³-hybridized carbons (Fsp3) is 0.407. The highest BCUT2D eigenvalue weighted by Gasteiger charge is 2.21. The second-order valence-corrected chi connectivity index (χ2v) is 10.7. The lowest BCUT2D eigenvalue weighted by Gasteiger charge is -2.32. The standard InChI is InChI=1S/C27H31ClN4OS/c28-23-9-2-1-7-21(23)8-5-15-31-16-12-20(13-17-31)6-4-14-29-27(33)24-18-22-19-30-25-10-3-11-26(34-24)32(22)25/h1-3,7,9-11,18-20H,4-6,8,12-17H2,(H,29,33). The highest BCUT2D eigenvalue weighted by atomic mass is 35.5. The van der Waals surface area contributed by atoms with Crippen LogP contribution in [-0.2, 0) is 11.2 Å². The van der Waals surface area contributed by atoms with E-state index in [1.807, 2.05) is 42.6 Å². The number of nitrogens with zero attached hydrogens (tertiary/aromatic N) is 3. The van der Waals surface area contributed by atoms with Crippen molar-refractivity contribution in [1.29, 1.82) is 0 Å².